The fourth-order valence-electron chi connectivity index (χ4n) is 2.25. The molecule has 4 nitrogen and oxygen atoms in total. The third-order valence-electron chi connectivity index (χ3n) is 3.61. The van der Waals surface area contributed by atoms with Gasteiger partial charge in [0.25, 0.3) is 11.8 Å². The fourth-order valence-corrected chi connectivity index (χ4v) is 2.97. The Labute approximate surface area is 178 Å². The zero-order chi connectivity index (χ0) is 18.5. The molecule has 2 N–H and O–H groups in total. The minimum absolute atomic E-state index is 0.212. The Bertz CT molecular complexity index is 843. The molecule has 26 heavy (non-hydrogen) atoms. The van der Waals surface area contributed by atoms with Gasteiger partial charge >= 0.3 is 0 Å². The Balaban J connectivity index is 1.65. The van der Waals surface area contributed by atoms with E-state index in [0.29, 0.717) is 11.1 Å². The summed E-state index contributed by atoms with van der Waals surface area (Å²) in [5.74, 6) is -0.424. The minimum atomic E-state index is -0.212. The smallest absolute Gasteiger partial charge is 0.255 e. The second-order valence-corrected chi connectivity index (χ2v) is 7.99. The van der Waals surface area contributed by atoms with E-state index < -0.39 is 0 Å². The molecule has 6 heteroatoms. The van der Waals surface area contributed by atoms with Gasteiger partial charge in [0.15, 0.2) is 0 Å². The maximum absolute atomic E-state index is 12.3. The van der Waals surface area contributed by atoms with Crippen LogP contribution < -0.4 is 10.6 Å². The quantitative estimate of drug-likeness (QED) is 0.415. The van der Waals surface area contributed by atoms with Gasteiger partial charge in [-0.25, -0.2) is 0 Å². The van der Waals surface area contributed by atoms with Crippen LogP contribution in [0.1, 0.15) is 20.7 Å². The molecule has 0 aromatic heterocycles. The van der Waals surface area contributed by atoms with E-state index in [0.717, 1.165) is 18.5 Å². The van der Waals surface area contributed by atoms with Gasteiger partial charge in [0.1, 0.15) is 0 Å². The van der Waals surface area contributed by atoms with Gasteiger partial charge in [-0.3, -0.25) is 9.59 Å². The topological polar surface area (TPSA) is 58.2 Å². The summed E-state index contributed by atoms with van der Waals surface area (Å²) < 4.78 is 2.20. The monoisotopic (exact) mass is 568 g/mol. The van der Waals surface area contributed by atoms with Crippen molar-refractivity contribution in [1.82, 2.24) is 0 Å². The number of nitrogens with one attached hydrogen (secondary N) is 2. The molecular formula is C20H14I2N2O2. The van der Waals surface area contributed by atoms with Gasteiger partial charge in [0.2, 0.25) is 0 Å². The lowest BCUT2D eigenvalue weighted by atomic mass is 10.1. The first-order valence-corrected chi connectivity index (χ1v) is 9.91. The Morgan fingerprint density at radius 1 is 0.538 bits per heavy atom. The normalized spacial score (nSPS) is 10.2. The number of carbonyl (C=O) groups excluding carboxylic acids is 2. The summed E-state index contributed by atoms with van der Waals surface area (Å²) >= 11 is 4.42. The first-order valence-electron chi connectivity index (χ1n) is 7.75. The molecule has 130 valence electrons. The van der Waals surface area contributed by atoms with Crippen LogP contribution in [0.3, 0.4) is 0 Å². The number of hydrogen-bond acceptors (Lipinski definition) is 2. The average Bonchev–Trinajstić information content (AvgIpc) is 2.65. The maximum atomic E-state index is 12.3. The summed E-state index contributed by atoms with van der Waals surface area (Å²) in [4.78, 5) is 24.6. The summed E-state index contributed by atoms with van der Waals surface area (Å²) in [5, 5.41) is 5.67. The molecule has 0 fully saturated rings. The maximum Gasteiger partial charge on any atom is 0.255 e. The zero-order valence-corrected chi connectivity index (χ0v) is 17.8. The van der Waals surface area contributed by atoms with E-state index in [4.69, 9.17) is 0 Å². The van der Waals surface area contributed by atoms with Crippen molar-refractivity contribution < 1.29 is 9.59 Å². The van der Waals surface area contributed by atoms with Crippen molar-refractivity contribution in [3.05, 3.63) is 91.1 Å². The number of rotatable bonds is 4. The van der Waals surface area contributed by atoms with E-state index >= 15 is 0 Å². The van der Waals surface area contributed by atoms with Crippen molar-refractivity contribution in [2.75, 3.05) is 10.6 Å². The molecule has 3 aromatic rings. The van der Waals surface area contributed by atoms with Crippen molar-refractivity contribution in [1.29, 1.82) is 0 Å². The van der Waals surface area contributed by atoms with Gasteiger partial charge in [-0.1, -0.05) is 0 Å². The van der Waals surface area contributed by atoms with Crippen molar-refractivity contribution in [2.45, 2.75) is 0 Å². The third kappa shape index (κ3) is 5.04. The van der Waals surface area contributed by atoms with Crippen LogP contribution in [-0.4, -0.2) is 11.8 Å². The van der Waals surface area contributed by atoms with Gasteiger partial charge in [-0.15, -0.1) is 0 Å². The molecule has 3 rings (SSSR count). The van der Waals surface area contributed by atoms with Gasteiger partial charge in [0, 0.05) is 29.6 Å². The lowest BCUT2D eigenvalue weighted by Gasteiger charge is -2.08. The molecular weight excluding hydrogens is 554 g/mol. The lowest BCUT2D eigenvalue weighted by molar-refractivity contribution is 0.101. The van der Waals surface area contributed by atoms with Crippen LogP contribution in [0.25, 0.3) is 0 Å². The second-order valence-electron chi connectivity index (χ2n) is 5.50. The highest BCUT2D eigenvalue weighted by atomic mass is 127. The molecule has 0 unspecified atom stereocenters. The zero-order valence-electron chi connectivity index (χ0n) is 13.5. The van der Waals surface area contributed by atoms with Crippen LogP contribution >= 0.6 is 45.2 Å². The summed E-state index contributed by atoms with van der Waals surface area (Å²) in [6.45, 7) is 0. The third-order valence-corrected chi connectivity index (χ3v) is 5.05. The molecule has 0 atom stereocenters. The average molecular weight is 568 g/mol. The van der Waals surface area contributed by atoms with Crippen molar-refractivity contribution in [3.63, 3.8) is 0 Å². The summed E-state index contributed by atoms with van der Waals surface area (Å²) in [7, 11) is 0. The SMILES string of the molecule is O=C(Nc1ccc(I)cc1)c1ccc(C(=O)Nc2ccc(I)cc2)cc1. The lowest BCUT2D eigenvalue weighted by Crippen LogP contribution is -2.14. The van der Waals surface area contributed by atoms with Gasteiger partial charge in [-0.2, -0.15) is 0 Å². The molecule has 0 radical (unpaired) electrons. The Hall–Kier alpha value is -1.94. The van der Waals surface area contributed by atoms with Crippen LogP contribution in [0.4, 0.5) is 11.4 Å². The van der Waals surface area contributed by atoms with Crippen LogP contribution in [0.15, 0.2) is 72.8 Å². The highest BCUT2D eigenvalue weighted by Gasteiger charge is 2.10. The predicted molar refractivity (Wildman–Crippen MR) is 121 cm³/mol. The van der Waals surface area contributed by atoms with Crippen LogP contribution in [0.5, 0.6) is 0 Å². The Morgan fingerprint density at radius 3 is 1.15 bits per heavy atom. The van der Waals surface area contributed by atoms with Crippen LogP contribution in [0, 0.1) is 7.14 Å². The molecule has 0 saturated heterocycles. The van der Waals surface area contributed by atoms with Gasteiger partial charge < -0.3 is 10.6 Å². The second kappa shape index (κ2) is 8.63. The predicted octanol–water partition coefficient (Wildman–Crippen LogP) is 5.40. The Kier molecular flexibility index (Phi) is 6.25. The molecule has 2 amide bonds. The summed E-state index contributed by atoms with van der Waals surface area (Å²) in [6.07, 6.45) is 0. The number of hydrogen-bond donors (Lipinski definition) is 2. The molecule has 0 aliphatic heterocycles. The number of carbonyl (C=O) groups is 2. The number of benzene rings is 3. The molecule has 0 aliphatic carbocycles. The molecule has 0 saturated carbocycles. The molecule has 0 spiro atoms. The summed E-state index contributed by atoms with van der Waals surface area (Å²) in [5.41, 5.74) is 2.45. The summed E-state index contributed by atoms with van der Waals surface area (Å²) in [6, 6.07) is 21.7. The van der Waals surface area contributed by atoms with Crippen molar-refractivity contribution in [3.8, 4) is 0 Å². The van der Waals surface area contributed by atoms with Crippen LogP contribution in [0.2, 0.25) is 0 Å². The molecule has 0 heterocycles. The Morgan fingerprint density at radius 2 is 0.846 bits per heavy atom. The van der Waals surface area contributed by atoms with E-state index in [-0.39, 0.29) is 11.8 Å². The molecule has 0 aliphatic rings. The van der Waals surface area contributed by atoms with Gasteiger partial charge in [0.05, 0.1) is 0 Å². The first-order chi connectivity index (χ1) is 12.5. The van der Waals surface area contributed by atoms with E-state index in [2.05, 4.69) is 55.8 Å². The highest BCUT2D eigenvalue weighted by Crippen LogP contribution is 2.15. The standard InChI is InChI=1S/C20H14I2N2O2/c21-15-5-9-17(10-6-15)23-19(25)13-1-2-14(4-3-13)20(26)24-18-11-7-16(22)8-12-18/h1-12H,(H,23,25)(H,24,26). The van der Waals surface area contributed by atoms with E-state index in [9.17, 15) is 9.59 Å². The van der Waals surface area contributed by atoms with Gasteiger partial charge in [-0.05, 0) is 118 Å². The first kappa shape index (κ1) is 18.8. The number of anilines is 2. The number of amides is 2. The largest absolute Gasteiger partial charge is 0.322 e. The molecule has 3 aromatic carbocycles. The van der Waals surface area contributed by atoms with Crippen LogP contribution in [-0.2, 0) is 0 Å². The van der Waals surface area contributed by atoms with E-state index in [1.165, 1.54) is 0 Å². The van der Waals surface area contributed by atoms with Crippen molar-refractivity contribution >= 4 is 68.4 Å². The highest BCUT2D eigenvalue weighted by molar-refractivity contribution is 14.1. The minimum Gasteiger partial charge on any atom is -0.322 e. The molecule has 0 bridgehead atoms. The van der Waals surface area contributed by atoms with E-state index in [1.54, 1.807) is 24.3 Å². The van der Waals surface area contributed by atoms with E-state index in [1.807, 2.05) is 48.5 Å². The van der Waals surface area contributed by atoms with Crippen molar-refractivity contribution in [2.24, 2.45) is 0 Å². The number of halogens is 2. The fraction of sp³-hybridized carbons (Fsp3) is 0.